The van der Waals surface area contributed by atoms with Gasteiger partial charge < -0.3 is 15.2 Å². The number of ether oxygens (including phenoxy) is 1. The Labute approximate surface area is 108 Å². The van der Waals surface area contributed by atoms with Crippen molar-refractivity contribution in [2.45, 2.75) is 19.4 Å². The van der Waals surface area contributed by atoms with Gasteiger partial charge in [-0.15, -0.1) is 0 Å². The molecule has 0 aliphatic rings. The van der Waals surface area contributed by atoms with Crippen molar-refractivity contribution >= 4 is 23.3 Å². The van der Waals surface area contributed by atoms with Crippen LogP contribution in [-0.4, -0.2) is 40.5 Å². The maximum absolute atomic E-state index is 11.2. The molecule has 1 heterocycles. The molecule has 0 saturated carbocycles. The average Bonchev–Trinajstić information content (AvgIpc) is 2.30. The second kappa shape index (κ2) is 6.97. The summed E-state index contributed by atoms with van der Waals surface area (Å²) in [4.78, 5) is 21.4. The number of aliphatic carboxylic acids is 1. The van der Waals surface area contributed by atoms with Crippen LogP contribution < -0.4 is 10.9 Å². The molecule has 0 aliphatic carbocycles. The fourth-order valence-corrected chi connectivity index (χ4v) is 1.36. The molecule has 0 amide bonds. The number of H-pyrrole nitrogens is 1. The first-order valence-electron chi connectivity index (χ1n) is 5.30. The standard InChI is InChI=1S/C10H14ClN3O4/c1-6(5-18-3-2-8(15)16)13-7-4-12-14-10(17)9(7)11/h4,6H,2-3,5H2,1H3,(H,15,16)(H2,13,14,17). The van der Waals surface area contributed by atoms with Crippen LogP contribution in [0.2, 0.25) is 5.02 Å². The van der Waals surface area contributed by atoms with Gasteiger partial charge in [0.15, 0.2) is 0 Å². The van der Waals surface area contributed by atoms with E-state index in [0.29, 0.717) is 12.3 Å². The number of hydrogen-bond donors (Lipinski definition) is 3. The lowest BCUT2D eigenvalue weighted by atomic mass is 10.3. The van der Waals surface area contributed by atoms with Crippen LogP contribution in [0.5, 0.6) is 0 Å². The van der Waals surface area contributed by atoms with Crippen LogP contribution in [0.3, 0.4) is 0 Å². The Morgan fingerprint density at radius 3 is 3.11 bits per heavy atom. The van der Waals surface area contributed by atoms with E-state index in [1.165, 1.54) is 6.20 Å². The Bertz CT molecular complexity index is 463. The van der Waals surface area contributed by atoms with Gasteiger partial charge in [0.2, 0.25) is 0 Å². The van der Waals surface area contributed by atoms with Gasteiger partial charge in [-0.3, -0.25) is 9.59 Å². The number of aromatic nitrogens is 2. The minimum absolute atomic E-state index is 0.0300. The number of aromatic amines is 1. The Kier molecular flexibility index (Phi) is 5.60. The fraction of sp³-hybridized carbons (Fsp3) is 0.500. The molecule has 18 heavy (non-hydrogen) atoms. The number of rotatable bonds is 7. The van der Waals surface area contributed by atoms with Crippen molar-refractivity contribution in [1.29, 1.82) is 0 Å². The van der Waals surface area contributed by atoms with Crippen molar-refractivity contribution in [2.75, 3.05) is 18.5 Å². The monoisotopic (exact) mass is 275 g/mol. The highest BCUT2D eigenvalue weighted by Crippen LogP contribution is 2.15. The highest BCUT2D eigenvalue weighted by atomic mass is 35.5. The molecular weight excluding hydrogens is 262 g/mol. The normalized spacial score (nSPS) is 12.1. The number of nitrogens with one attached hydrogen (secondary N) is 2. The molecular formula is C10H14ClN3O4. The van der Waals surface area contributed by atoms with E-state index in [0.717, 1.165) is 0 Å². The van der Waals surface area contributed by atoms with E-state index in [1.54, 1.807) is 0 Å². The van der Waals surface area contributed by atoms with Gasteiger partial charge in [-0.05, 0) is 6.92 Å². The smallest absolute Gasteiger partial charge is 0.305 e. The van der Waals surface area contributed by atoms with Gasteiger partial charge in [0.05, 0.1) is 31.5 Å². The summed E-state index contributed by atoms with van der Waals surface area (Å²) in [5, 5.41) is 17.2. The number of nitrogens with zero attached hydrogens (tertiary/aromatic N) is 1. The molecule has 1 atom stereocenters. The summed E-state index contributed by atoms with van der Waals surface area (Å²) in [5.41, 5.74) is -0.0598. The zero-order valence-electron chi connectivity index (χ0n) is 9.77. The van der Waals surface area contributed by atoms with Gasteiger partial charge >= 0.3 is 5.97 Å². The molecule has 0 aromatic carbocycles. The van der Waals surface area contributed by atoms with Crippen molar-refractivity contribution in [3.8, 4) is 0 Å². The molecule has 0 spiro atoms. The van der Waals surface area contributed by atoms with Crippen LogP contribution in [0.4, 0.5) is 5.69 Å². The molecule has 8 heteroatoms. The van der Waals surface area contributed by atoms with E-state index in [-0.39, 0.29) is 24.1 Å². The summed E-state index contributed by atoms with van der Waals surface area (Å²) < 4.78 is 5.16. The second-order valence-corrected chi connectivity index (χ2v) is 4.07. The molecule has 1 unspecified atom stereocenters. The van der Waals surface area contributed by atoms with E-state index < -0.39 is 11.5 Å². The van der Waals surface area contributed by atoms with Crippen LogP contribution >= 0.6 is 11.6 Å². The van der Waals surface area contributed by atoms with Crippen LogP contribution in [0.15, 0.2) is 11.0 Å². The minimum Gasteiger partial charge on any atom is -0.481 e. The van der Waals surface area contributed by atoms with E-state index in [2.05, 4.69) is 15.5 Å². The number of anilines is 1. The number of halogens is 1. The van der Waals surface area contributed by atoms with Gasteiger partial charge in [-0.2, -0.15) is 5.10 Å². The first-order valence-corrected chi connectivity index (χ1v) is 5.67. The minimum atomic E-state index is -0.905. The number of hydrogen-bond acceptors (Lipinski definition) is 5. The lowest BCUT2D eigenvalue weighted by Crippen LogP contribution is -2.24. The topological polar surface area (TPSA) is 104 Å². The number of carbonyl (C=O) groups is 1. The van der Waals surface area contributed by atoms with E-state index in [9.17, 15) is 9.59 Å². The summed E-state index contributed by atoms with van der Waals surface area (Å²) in [7, 11) is 0. The van der Waals surface area contributed by atoms with Gasteiger partial charge in [0.25, 0.3) is 5.56 Å². The van der Waals surface area contributed by atoms with Crippen LogP contribution in [0.25, 0.3) is 0 Å². The molecule has 100 valence electrons. The maximum Gasteiger partial charge on any atom is 0.305 e. The van der Waals surface area contributed by atoms with E-state index in [1.807, 2.05) is 6.92 Å². The third-order valence-electron chi connectivity index (χ3n) is 2.03. The lowest BCUT2D eigenvalue weighted by Gasteiger charge is -2.15. The Morgan fingerprint density at radius 1 is 1.72 bits per heavy atom. The quantitative estimate of drug-likeness (QED) is 0.633. The summed E-state index contributed by atoms with van der Waals surface area (Å²) in [5.74, 6) is -0.905. The molecule has 0 saturated heterocycles. The largest absolute Gasteiger partial charge is 0.481 e. The van der Waals surface area contributed by atoms with Crippen LogP contribution in [0.1, 0.15) is 13.3 Å². The maximum atomic E-state index is 11.2. The van der Waals surface area contributed by atoms with Crippen molar-refractivity contribution in [2.24, 2.45) is 0 Å². The molecule has 0 bridgehead atoms. The number of carboxylic acid groups (broad SMARTS) is 1. The SMILES string of the molecule is CC(COCCC(=O)O)Nc1cn[nH]c(=O)c1Cl. The van der Waals surface area contributed by atoms with Crippen LogP contribution in [-0.2, 0) is 9.53 Å². The van der Waals surface area contributed by atoms with Crippen molar-refractivity contribution in [3.05, 3.63) is 21.6 Å². The molecule has 3 N–H and O–H groups in total. The average molecular weight is 276 g/mol. The Balaban J connectivity index is 2.40. The summed E-state index contributed by atoms with van der Waals surface area (Å²) >= 11 is 5.78. The highest BCUT2D eigenvalue weighted by molar-refractivity contribution is 6.32. The number of carboxylic acids is 1. The Morgan fingerprint density at radius 2 is 2.44 bits per heavy atom. The Hall–Kier alpha value is -1.60. The van der Waals surface area contributed by atoms with Crippen molar-refractivity contribution in [3.63, 3.8) is 0 Å². The van der Waals surface area contributed by atoms with Crippen molar-refractivity contribution in [1.82, 2.24) is 10.2 Å². The molecule has 0 aliphatic heterocycles. The summed E-state index contributed by atoms with van der Waals surface area (Å²) in [6.07, 6.45) is 1.36. The predicted octanol–water partition coefficient (Wildman–Crippen LogP) is 0.715. The highest BCUT2D eigenvalue weighted by Gasteiger charge is 2.08. The predicted molar refractivity (Wildman–Crippen MR) is 66.0 cm³/mol. The zero-order chi connectivity index (χ0) is 13.5. The van der Waals surface area contributed by atoms with E-state index in [4.69, 9.17) is 21.4 Å². The molecule has 7 nitrogen and oxygen atoms in total. The summed E-state index contributed by atoms with van der Waals surface area (Å²) in [6, 6.07) is -0.125. The second-order valence-electron chi connectivity index (χ2n) is 3.69. The van der Waals surface area contributed by atoms with Gasteiger partial charge in [-0.1, -0.05) is 11.6 Å². The van der Waals surface area contributed by atoms with Crippen LogP contribution in [0, 0.1) is 0 Å². The first kappa shape index (κ1) is 14.5. The zero-order valence-corrected chi connectivity index (χ0v) is 10.5. The van der Waals surface area contributed by atoms with E-state index >= 15 is 0 Å². The third kappa shape index (κ3) is 4.72. The first-order chi connectivity index (χ1) is 8.50. The fourth-order valence-electron chi connectivity index (χ4n) is 1.21. The summed E-state index contributed by atoms with van der Waals surface area (Å²) in [6.45, 7) is 2.26. The lowest BCUT2D eigenvalue weighted by molar-refractivity contribution is -0.138. The van der Waals surface area contributed by atoms with Gasteiger partial charge in [0.1, 0.15) is 5.02 Å². The van der Waals surface area contributed by atoms with Gasteiger partial charge in [-0.25, -0.2) is 5.10 Å². The van der Waals surface area contributed by atoms with Crippen molar-refractivity contribution < 1.29 is 14.6 Å². The molecule has 1 rings (SSSR count). The molecule has 1 aromatic rings. The third-order valence-corrected chi connectivity index (χ3v) is 2.40. The molecule has 0 fully saturated rings. The molecule has 1 aromatic heterocycles. The molecule has 0 radical (unpaired) electrons. The van der Waals surface area contributed by atoms with Gasteiger partial charge in [0, 0.05) is 6.04 Å².